The van der Waals surface area contributed by atoms with Gasteiger partial charge in [-0.25, -0.2) is 8.78 Å². The van der Waals surface area contributed by atoms with Crippen LogP contribution >= 0.6 is 0 Å². The molecule has 1 unspecified atom stereocenters. The summed E-state index contributed by atoms with van der Waals surface area (Å²) in [6.07, 6.45) is -7.64. The number of hydrogen-bond donors (Lipinski definition) is 0. The summed E-state index contributed by atoms with van der Waals surface area (Å²) in [7, 11) is 0. The molecule has 0 aliphatic carbocycles. The van der Waals surface area contributed by atoms with Crippen molar-refractivity contribution in [2.24, 2.45) is 0 Å². The van der Waals surface area contributed by atoms with Gasteiger partial charge in [0.25, 0.3) is 0 Å². The molecule has 0 amide bonds. The summed E-state index contributed by atoms with van der Waals surface area (Å²) < 4.78 is 57.9. The first-order valence-electron chi connectivity index (χ1n) is 2.58. The number of hydrogen-bond acceptors (Lipinski definition) is 0. The minimum Gasteiger partial charge on any atom is -0.230 e. The van der Waals surface area contributed by atoms with E-state index in [0.29, 0.717) is 6.08 Å². The second-order valence-electron chi connectivity index (χ2n) is 1.69. The maximum Gasteiger partial charge on any atom is 0.426 e. The normalized spacial score (nSPS) is 16.3. The van der Waals surface area contributed by atoms with Crippen LogP contribution in [0.2, 0.25) is 0 Å². The minimum absolute atomic E-state index is 0.332. The second kappa shape index (κ2) is 3.50. The predicted octanol–water partition coefficient (Wildman–Crippen LogP) is 2.93. The molecule has 0 aromatic carbocycles. The highest BCUT2D eigenvalue weighted by Gasteiger charge is 2.43. The van der Waals surface area contributed by atoms with Gasteiger partial charge in [0.05, 0.1) is 0 Å². The Hall–Kier alpha value is -0.870. The Balaban J connectivity index is 4.36. The highest BCUT2D eigenvalue weighted by Crippen LogP contribution is 2.28. The number of alkyl halides is 4. The predicted molar refractivity (Wildman–Crippen MR) is 30.3 cm³/mol. The van der Waals surface area contributed by atoms with Gasteiger partial charge in [0, 0.05) is 0 Å². The molecular weight excluding hydrogens is 167 g/mol. The number of halogens is 5. The van der Waals surface area contributed by atoms with E-state index in [2.05, 4.69) is 6.58 Å². The molecule has 0 aliphatic rings. The molecule has 0 aromatic rings. The summed E-state index contributed by atoms with van der Waals surface area (Å²) in [4.78, 5) is 0. The van der Waals surface area contributed by atoms with Crippen LogP contribution in [-0.4, -0.2) is 12.3 Å². The van der Waals surface area contributed by atoms with E-state index in [0.717, 1.165) is 6.08 Å². The Kier molecular flexibility index (Phi) is 3.22. The van der Waals surface area contributed by atoms with E-state index in [1.54, 1.807) is 0 Å². The van der Waals surface area contributed by atoms with E-state index < -0.39 is 18.2 Å². The first-order chi connectivity index (χ1) is 4.89. The Morgan fingerprint density at radius 2 is 1.82 bits per heavy atom. The van der Waals surface area contributed by atoms with Crippen LogP contribution in [0.3, 0.4) is 0 Å². The molecular formula is C6H5F5. The van der Waals surface area contributed by atoms with Gasteiger partial charge < -0.3 is 0 Å². The monoisotopic (exact) mass is 172 g/mol. The lowest BCUT2D eigenvalue weighted by molar-refractivity contribution is -0.173. The molecule has 0 fully saturated rings. The zero-order valence-corrected chi connectivity index (χ0v) is 5.33. The van der Waals surface area contributed by atoms with Gasteiger partial charge >= 0.3 is 6.18 Å². The Labute approximate surface area is 60.0 Å². The van der Waals surface area contributed by atoms with Crippen molar-refractivity contribution in [3.8, 4) is 0 Å². The molecule has 0 saturated carbocycles. The van der Waals surface area contributed by atoms with Crippen molar-refractivity contribution < 1.29 is 22.0 Å². The molecule has 11 heavy (non-hydrogen) atoms. The van der Waals surface area contributed by atoms with Crippen molar-refractivity contribution in [2.45, 2.75) is 12.3 Å². The largest absolute Gasteiger partial charge is 0.426 e. The third kappa shape index (κ3) is 3.15. The lowest BCUT2D eigenvalue weighted by Gasteiger charge is -2.08. The maximum atomic E-state index is 12.0. The van der Waals surface area contributed by atoms with Gasteiger partial charge in [-0.15, -0.1) is 0 Å². The summed E-state index contributed by atoms with van der Waals surface area (Å²) in [5.74, 6) is -1.88. The van der Waals surface area contributed by atoms with Crippen molar-refractivity contribution in [1.82, 2.24) is 0 Å². The molecule has 0 rings (SSSR count). The minimum atomic E-state index is -5.18. The van der Waals surface area contributed by atoms with Crippen LogP contribution in [0, 0.1) is 0 Å². The summed E-state index contributed by atoms with van der Waals surface area (Å²) in [5, 5.41) is 0. The van der Waals surface area contributed by atoms with Gasteiger partial charge in [-0.1, -0.05) is 12.7 Å². The summed E-state index contributed by atoms with van der Waals surface area (Å²) in [6.45, 7) is 2.91. The molecule has 0 heterocycles. The van der Waals surface area contributed by atoms with Gasteiger partial charge in [-0.2, -0.15) is 13.2 Å². The van der Waals surface area contributed by atoms with E-state index in [1.807, 2.05) is 0 Å². The molecule has 0 nitrogen and oxygen atoms in total. The molecule has 0 aliphatic heterocycles. The average Bonchev–Trinajstić information content (AvgIpc) is 1.85. The Morgan fingerprint density at radius 3 is 2.09 bits per heavy atom. The third-order valence-electron chi connectivity index (χ3n) is 0.807. The van der Waals surface area contributed by atoms with E-state index in [1.165, 1.54) is 0 Å². The van der Waals surface area contributed by atoms with Crippen LogP contribution in [0.25, 0.3) is 0 Å². The van der Waals surface area contributed by atoms with Crippen molar-refractivity contribution >= 4 is 0 Å². The topological polar surface area (TPSA) is 0 Å². The highest BCUT2D eigenvalue weighted by atomic mass is 19.4. The number of rotatable bonds is 2. The molecule has 5 heteroatoms. The van der Waals surface area contributed by atoms with Crippen LogP contribution in [0.1, 0.15) is 0 Å². The zero-order chi connectivity index (χ0) is 9.07. The fourth-order valence-electron chi connectivity index (χ4n) is 0.353. The Bertz CT molecular complexity index is 166. The van der Waals surface area contributed by atoms with Crippen LogP contribution in [0.15, 0.2) is 24.6 Å². The van der Waals surface area contributed by atoms with Crippen LogP contribution in [-0.2, 0) is 0 Å². The summed E-state index contributed by atoms with van der Waals surface area (Å²) in [5.41, 5.74) is 0. The highest BCUT2D eigenvalue weighted by molar-refractivity contribution is 5.09. The van der Waals surface area contributed by atoms with Crippen molar-refractivity contribution in [3.05, 3.63) is 24.6 Å². The second-order valence-corrected chi connectivity index (χ2v) is 1.69. The van der Waals surface area contributed by atoms with Gasteiger partial charge in [0.15, 0.2) is 0 Å². The summed E-state index contributed by atoms with van der Waals surface area (Å²) in [6, 6.07) is 0. The molecule has 0 radical (unpaired) electrons. The average molecular weight is 172 g/mol. The molecule has 0 N–H and O–H groups in total. The molecule has 0 aromatic heterocycles. The van der Waals surface area contributed by atoms with E-state index >= 15 is 0 Å². The first-order valence-corrected chi connectivity index (χ1v) is 2.58. The Morgan fingerprint density at radius 1 is 1.36 bits per heavy atom. The third-order valence-corrected chi connectivity index (χ3v) is 0.807. The zero-order valence-electron chi connectivity index (χ0n) is 5.33. The standard InChI is InChI=1S/C6H5F5/c1-2-3-4(7)5(8)6(9,10)11/h2-3,5H,1H2. The van der Waals surface area contributed by atoms with Crippen molar-refractivity contribution in [3.63, 3.8) is 0 Å². The van der Waals surface area contributed by atoms with Crippen LogP contribution < -0.4 is 0 Å². The fraction of sp³-hybridized carbons (Fsp3) is 0.333. The lowest BCUT2D eigenvalue weighted by atomic mass is 10.3. The number of allylic oxidation sites excluding steroid dienone is 3. The van der Waals surface area contributed by atoms with Crippen molar-refractivity contribution in [1.29, 1.82) is 0 Å². The van der Waals surface area contributed by atoms with Crippen molar-refractivity contribution in [2.75, 3.05) is 0 Å². The summed E-state index contributed by atoms with van der Waals surface area (Å²) >= 11 is 0. The van der Waals surface area contributed by atoms with Gasteiger partial charge in [0.1, 0.15) is 5.83 Å². The molecule has 1 atom stereocenters. The SMILES string of the molecule is C=CC=C(F)C(F)C(F)(F)F. The lowest BCUT2D eigenvalue weighted by Crippen LogP contribution is -2.24. The smallest absolute Gasteiger partial charge is 0.230 e. The van der Waals surface area contributed by atoms with Crippen LogP contribution in [0.4, 0.5) is 22.0 Å². The molecule has 64 valence electrons. The molecule has 0 bridgehead atoms. The fourth-order valence-corrected chi connectivity index (χ4v) is 0.353. The van der Waals surface area contributed by atoms with Crippen LogP contribution in [0.5, 0.6) is 0 Å². The first kappa shape index (κ1) is 10.1. The van der Waals surface area contributed by atoms with E-state index in [-0.39, 0.29) is 0 Å². The van der Waals surface area contributed by atoms with E-state index in [4.69, 9.17) is 0 Å². The maximum absolute atomic E-state index is 12.0. The van der Waals surface area contributed by atoms with Gasteiger partial charge in [-0.3, -0.25) is 0 Å². The van der Waals surface area contributed by atoms with Gasteiger partial charge in [-0.05, 0) is 6.08 Å². The quantitative estimate of drug-likeness (QED) is 0.443. The molecule has 0 saturated heterocycles. The molecule has 0 spiro atoms. The van der Waals surface area contributed by atoms with Gasteiger partial charge in [0.2, 0.25) is 6.17 Å². The van der Waals surface area contributed by atoms with E-state index in [9.17, 15) is 22.0 Å².